The van der Waals surface area contributed by atoms with Gasteiger partial charge in [0.15, 0.2) is 0 Å². The molecule has 5 aromatic heterocycles. The topological polar surface area (TPSA) is 95.2 Å². The Morgan fingerprint density at radius 1 is 0.842 bits per heavy atom. The van der Waals surface area contributed by atoms with Crippen molar-refractivity contribution in [2.45, 2.75) is 32.2 Å². The summed E-state index contributed by atoms with van der Waals surface area (Å²) in [6.07, 6.45) is 13.0. The number of hydrogen-bond acceptors (Lipinski definition) is 5. The highest BCUT2D eigenvalue weighted by Crippen LogP contribution is 2.34. The zero-order valence-corrected chi connectivity index (χ0v) is 21.1. The molecule has 1 aromatic carbocycles. The van der Waals surface area contributed by atoms with E-state index in [-0.39, 0.29) is 0 Å². The normalized spacial score (nSPS) is 14.1. The molecule has 0 spiro atoms. The van der Waals surface area contributed by atoms with E-state index in [1.54, 1.807) is 0 Å². The molecule has 1 saturated carbocycles. The molecule has 5 heterocycles. The minimum atomic E-state index is 0.819. The third kappa shape index (κ3) is 4.35. The number of aromatic nitrogens is 6. The van der Waals surface area contributed by atoms with Crippen LogP contribution in [0.5, 0.6) is 0 Å². The number of H-pyrrole nitrogens is 2. The zero-order valence-electron chi connectivity index (χ0n) is 21.1. The number of pyridine rings is 3. The average Bonchev–Trinajstić information content (AvgIpc) is 3.73. The number of nitrogens with one attached hydrogen (secondary N) is 3. The van der Waals surface area contributed by atoms with Gasteiger partial charge in [0.2, 0.25) is 0 Å². The van der Waals surface area contributed by atoms with E-state index in [0.717, 1.165) is 74.7 Å². The summed E-state index contributed by atoms with van der Waals surface area (Å²) in [6.45, 7) is 1.91. The molecule has 0 saturated heterocycles. The van der Waals surface area contributed by atoms with Crippen LogP contribution in [0, 0.1) is 5.92 Å². The van der Waals surface area contributed by atoms with Crippen molar-refractivity contribution < 1.29 is 0 Å². The molecule has 0 aliphatic heterocycles. The maximum atomic E-state index is 4.71. The predicted molar refractivity (Wildman–Crippen MR) is 151 cm³/mol. The molecule has 1 aliphatic carbocycles. The fraction of sp³-hybridized carbons (Fsp3) is 0.226. The largest absolute Gasteiger partial charge is 0.353 e. The van der Waals surface area contributed by atoms with Gasteiger partial charge < -0.3 is 10.3 Å². The fourth-order valence-electron chi connectivity index (χ4n) is 5.67. The van der Waals surface area contributed by atoms with Crippen molar-refractivity contribution >= 4 is 21.8 Å². The molecule has 7 heteroatoms. The van der Waals surface area contributed by atoms with E-state index in [9.17, 15) is 0 Å². The van der Waals surface area contributed by atoms with E-state index in [1.807, 2.05) is 43.0 Å². The standard InChI is InChI=1S/C31H29N7/c1-2-7-20(6-1)15-32-16-21-12-22(18-33-17-21)28-14-25-30(19-35-28)37-38-31(25)29-13-24-23(8-5-10-27(24)36-29)26-9-3-4-11-34-26/h3-5,8-14,17-20,32,36H,1-2,6-7,15-16H2,(H,37,38). The molecule has 0 bridgehead atoms. The van der Waals surface area contributed by atoms with Gasteiger partial charge in [-0.15, -0.1) is 0 Å². The maximum absolute atomic E-state index is 4.71. The first-order valence-electron chi connectivity index (χ1n) is 13.3. The lowest BCUT2D eigenvalue weighted by Gasteiger charge is -2.11. The number of rotatable bonds is 7. The van der Waals surface area contributed by atoms with Crippen LogP contribution in [0.3, 0.4) is 0 Å². The van der Waals surface area contributed by atoms with Gasteiger partial charge in [0.25, 0.3) is 0 Å². The Kier molecular flexibility index (Phi) is 5.90. The van der Waals surface area contributed by atoms with Gasteiger partial charge in [-0.25, -0.2) is 0 Å². The van der Waals surface area contributed by atoms with Gasteiger partial charge >= 0.3 is 0 Å². The van der Waals surface area contributed by atoms with Gasteiger partial charge in [-0.1, -0.05) is 31.0 Å². The van der Waals surface area contributed by atoms with Crippen LogP contribution < -0.4 is 5.32 Å². The summed E-state index contributed by atoms with van der Waals surface area (Å²) in [5.41, 5.74) is 8.88. The molecule has 7 nitrogen and oxygen atoms in total. The Hall–Kier alpha value is -4.36. The molecule has 0 atom stereocenters. The second kappa shape index (κ2) is 9.84. The molecule has 1 fully saturated rings. The van der Waals surface area contributed by atoms with Crippen LogP contribution in [0.1, 0.15) is 31.2 Å². The zero-order chi connectivity index (χ0) is 25.3. The Morgan fingerprint density at radius 3 is 2.68 bits per heavy atom. The fourth-order valence-corrected chi connectivity index (χ4v) is 5.67. The molecule has 1 aliphatic rings. The first-order chi connectivity index (χ1) is 18.8. The first kappa shape index (κ1) is 22.8. The lowest BCUT2D eigenvalue weighted by molar-refractivity contribution is 0.489. The van der Waals surface area contributed by atoms with Crippen LogP contribution in [0.4, 0.5) is 0 Å². The number of nitrogens with zero attached hydrogens (tertiary/aromatic N) is 4. The third-order valence-corrected chi connectivity index (χ3v) is 7.63. The molecule has 0 unspecified atom stereocenters. The Morgan fingerprint density at radius 2 is 1.79 bits per heavy atom. The van der Waals surface area contributed by atoms with Gasteiger partial charge in [0, 0.05) is 52.6 Å². The van der Waals surface area contributed by atoms with Crippen LogP contribution in [-0.4, -0.2) is 36.7 Å². The molecule has 38 heavy (non-hydrogen) atoms. The van der Waals surface area contributed by atoms with Crippen LogP contribution in [-0.2, 0) is 6.54 Å². The molecule has 3 N–H and O–H groups in total. The molecule has 188 valence electrons. The van der Waals surface area contributed by atoms with Crippen molar-refractivity contribution in [2.24, 2.45) is 5.92 Å². The van der Waals surface area contributed by atoms with Gasteiger partial charge in [0.05, 0.1) is 28.8 Å². The van der Waals surface area contributed by atoms with Crippen molar-refractivity contribution in [3.8, 4) is 33.9 Å². The van der Waals surface area contributed by atoms with E-state index in [2.05, 4.69) is 66.9 Å². The summed E-state index contributed by atoms with van der Waals surface area (Å²) >= 11 is 0. The average molecular weight is 500 g/mol. The van der Waals surface area contributed by atoms with Gasteiger partial charge in [0.1, 0.15) is 5.69 Å². The summed E-state index contributed by atoms with van der Waals surface area (Å²) in [7, 11) is 0. The highest BCUT2D eigenvalue weighted by atomic mass is 15.1. The second-order valence-corrected chi connectivity index (χ2v) is 10.2. The van der Waals surface area contributed by atoms with Crippen LogP contribution in [0.25, 0.3) is 55.7 Å². The number of hydrogen-bond donors (Lipinski definition) is 3. The highest BCUT2D eigenvalue weighted by molar-refractivity contribution is 6.01. The van der Waals surface area contributed by atoms with Crippen LogP contribution in [0.15, 0.2) is 79.4 Å². The Bertz CT molecular complexity index is 1710. The summed E-state index contributed by atoms with van der Waals surface area (Å²) < 4.78 is 0. The van der Waals surface area contributed by atoms with Crippen molar-refractivity contribution in [3.05, 3.63) is 84.9 Å². The summed E-state index contributed by atoms with van der Waals surface area (Å²) in [4.78, 5) is 17.3. The maximum Gasteiger partial charge on any atom is 0.116 e. The van der Waals surface area contributed by atoms with E-state index < -0.39 is 0 Å². The third-order valence-electron chi connectivity index (χ3n) is 7.63. The quantitative estimate of drug-likeness (QED) is 0.233. The molecule has 7 rings (SSSR count). The molecular formula is C31H29N7. The lowest BCUT2D eigenvalue weighted by atomic mass is 10.1. The van der Waals surface area contributed by atoms with Gasteiger partial charge in [-0.2, -0.15) is 5.10 Å². The van der Waals surface area contributed by atoms with Crippen LogP contribution >= 0.6 is 0 Å². The molecule has 6 aromatic rings. The van der Waals surface area contributed by atoms with Crippen molar-refractivity contribution in [3.63, 3.8) is 0 Å². The predicted octanol–water partition coefficient (Wildman–Crippen LogP) is 6.51. The van der Waals surface area contributed by atoms with Gasteiger partial charge in [-0.3, -0.25) is 20.1 Å². The molecule has 0 radical (unpaired) electrons. The monoisotopic (exact) mass is 499 g/mol. The van der Waals surface area contributed by atoms with Crippen molar-refractivity contribution in [2.75, 3.05) is 6.54 Å². The molecule has 0 amide bonds. The smallest absolute Gasteiger partial charge is 0.116 e. The number of fused-ring (bicyclic) bond motifs is 2. The van der Waals surface area contributed by atoms with E-state index in [1.165, 1.54) is 31.2 Å². The second-order valence-electron chi connectivity index (χ2n) is 10.2. The first-order valence-corrected chi connectivity index (χ1v) is 13.3. The highest BCUT2D eigenvalue weighted by Gasteiger charge is 2.16. The van der Waals surface area contributed by atoms with E-state index >= 15 is 0 Å². The van der Waals surface area contributed by atoms with Gasteiger partial charge in [-0.05, 0) is 67.3 Å². The summed E-state index contributed by atoms with van der Waals surface area (Å²) in [6, 6.07) is 18.7. The van der Waals surface area contributed by atoms with E-state index in [4.69, 9.17) is 4.98 Å². The minimum absolute atomic E-state index is 0.819. The number of benzene rings is 1. The van der Waals surface area contributed by atoms with E-state index in [0.29, 0.717) is 0 Å². The van der Waals surface area contributed by atoms with Crippen molar-refractivity contribution in [1.29, 1.82) is 0 Å². The Labute approximate surface area is 220 Å². The minimum Gasteiger partial charge on any atom is -0.353 e. The van der Waals surface area contributed by atoms with Crippen LogP contribution in [0.2, 0.25) is 0 Å². The Balaban J connectivity index is 1.20. The SMILES string of the molecule is c1ccc(-c2cccc3[nH]c(-c4n[nH]c5cnc(-c6cncc(CNCC7CCCC7)c6)cc45)cc23)nc1. The summed E-state index contributed by atoms with van der Waals surface area (Å²) in [5, 5.41) is 13.6. The summed E-state index contributed by atoms with van der Waals surface area (Å²) in [5.74, 6) is 0.819. The van der Waals surface area contributed by atoms with Crippen molar-refractivity contribution in [1.82, 2.24) is 35.5 Å². The molecular weight excluding hydrogens is 470 g/mol. The lowest BCUT2D eigenvalue weighted by Crippen LogP contribution is -2.20. The number of aromatic amines is 2.